The lowest BCUT2D eigenvalue weighted by Crippen LogP contribution is -2.63. The maximum absolute atomic E-state index is 13.3. The van der Waals surface area contributed by atoms with E-state index in [1.807, 2.05) is 13.0 Å². The fourth-order valence-corrected chi connectivity index (χ4v) is 5.12. The summed E-state index contributed by atoms with van der Waals surface area (Å²) in [6, 6.07) is 9.82. The van der Waals surface area contributed by atoms with Gasteiger partial charge < -0.3 is 14.4 Å². The molecule has 2 aromatic carbocycles. The summed E-state index contributed by atoms with van der Waals surface area (Å²) in [6.45, 7) is 4.32. The van der Waals surface area contributed by atoms with Crippen molar-refractivity contribution in [3.8, 4) is 16.9 Å². The highest BCUT2D eigenvalue weighted by Crippen LogP contribution is 2.47. The zero-order valence-electron chi connectivity index (χ0n) is 19.3. The molecule has 0 radical (unpaired) electrons. The average molecular weight is 454 g/mol. The van der Waals surface area contributed by atoms with Crippen molar-refractivity contribution in [3.05, 3.63) is 53.3 Å². The predicted octanol–water partition coefficient (Wildman–Crippen LogP) is 3.69. The van der Waals surface area contributed by atoms with Crippen molar-refractivity contribution in [1.82, 2.24) is 4.90 Å². The number of halogens is 1. The van der Waals surface area contributed by atoms with E-state index in [1.54, 1.807) is 30.0 Å². The van der Waals surface area contributed by atoms with Gasteiger partial charge in [-0.15, -0.1) is 0 Å². The van der Waals surface area contributed by atoms with Gasteiger partial charge in [-0.2, -0.15) is 0 Å². The molecule has 0 N–H and O–H groups in total. The molecule has 7 heteroatoms. The number of ether oxygens (including phenoxy) is 2. The molecule has 174 valence electrons. The number of carbonyl (C=O) groups excluding carboxylic acids is 3. The number of carbonyl (C=O) groups is 3. The minimum absolute atomic E-state index is 0.126. The van der Waals surface area contributed by atoms with Crippen molar-refractivity contribution in [2.24, 2.45) is 5.41 Å². The van der Waals surface area contributed by atoms with Gasteiger partial charge >= 0.3 is 0 Å². The summed E-state index contributed by atoms with van der Waals surface area (Å²) in [6.07, 6.45) is -0.0510. The fraction of sp³-hybridized carbons (Fsp3) is 0.423. The lowest BCUT2D eigenvalue weighted by molar-refractivity contribution is -0.161. The molecule has 1 saturated heterocycles. The second-order valence-corrected chi connectivity index (χ2v) is 9.21. The smallest absolute Gasteiger partial charge is 0.251 e. The number of hydrogen-bond acceptors (Lipinski definition) is 5. The van der Waals surface area contributed by atoms with Gasteiger partial charge in [0, 0.05) is 44.0 Å². The summed E-state index contributed by atoms with van der Waals surface area (Å²) < 4.78 is 24.0. The standard InChI is InChI=1S/C26H28FNO5/c1-15-9-18(17-5-7-19(27)8-6-17)10-22(33-4)23(15)24-20(29)11-26(12-21(24)30)13-28(14-26)25(31)16(2)32-3/h5-10,16,24H,11-14H2,1-4H3. The van der Waals surface area contributed by atoms with E-state index < -0.39 is 17.4 Å². The molecule has 0 aromatic heterocycles. The first kappa shape index (κ1) is 23.1. The Morgan fingerprint density at radius 1 is 1.06 bits per heavy atom. The minimum Gasteiger partial charge on any atom is -0.496 e. The molecule has 1 aliphatic carbocycles. The van der Waals surface area contributed by atoms with Crippen molar-refractivity contribution in [3.63, 3.8) is 0 Å². The first-order chi connectivity index (χ1) is 15.7. The molecular formula is C26H28FNO5. The average Bonchev–Trinajstić information content (AvgIpc) is 2.77. The van der Waals surface area contributed by atoms with Gasteiger partial charge in [-0.05, 0) is 48.7 Å². The van der Waals surface area contributed by atoms with Crippen LogP contribution in [0.4, 0.5) is 4.39 Å². The van der Waals surface area contributed by atoms with E-state index in [4.69, 9.17) is 9.47 Å². The molecular weight excluding hydrogens is 425 g/mol. The van der Waals surface area contributed by atoms with Crippen LogP contribution in [0.1, 0.15) is 36.8 Å². The number of ketones is 2. The molecule has 1 spiro atoms. The predicted molar refractivity (Wildman–Crippen MR) is 121 cm³/mol. The van der Waals surface area contributed by atoms with Crippen LogP contribution < -0.4 is 4.74 Å². The molecule has 1 atom stereocenters. The normalized spacial score (nSPS) is 18.9. The van der Waals surface area contributed by atoms with Gasteiger partial charge in [0.15, 0.2) is 0 Å². The number of aryl methyl sites for hydroxylation is 1. The lowest BCUT2D eigenvalue weighted by Gasteiger charge is -2.52. The van der Waals surface area contributed by atoms with E-state index in [0.29, 0.717) is 24.4 Å². The van der Waals surface area contributed by atoms with E-state index in [1.165, 1.54) is 26.4 Å². The molecule has 2 aromatic rings. The number of amides is 1. The Kier molecular flexibility index (Phi) is 6.10. The van der Waals surface area contributed by atoms with E-state index in [9.17, 15) is 18.8 Å². The first-order valence-corrected chi connectivity index (χ1v) is 11.0. The van der Waals surface area contributed by atoms with Crippen LogP contribution >= 0.6 is 0 Å². The molecule has 1 saturated carbocycles. The molecule has 2 fully saturated rings. The molecule has 1 unspecified atom stereocenters. The topological polar surface area (TPSA) is 72.9 Å². The summed E-state index contributed by atoms with van der Waals surface area (Å²) in [7, 11) is 2.99. The Morgan fingerprint density at radius 3 is 2.21 bits per heavy atom. The SMILES string of the molecule is COc1cc(-c2ccc(F)cc2)cc(C)c1C1C(=O)CC2(CC1=O)CN(C(=O)C(C)OC)C2. The van der Waals surface area contributed by atoms with Gasteiger partial charge in [0.05, 0.1) is 7.11 Å². The van der Waals surface area contributed by atoms with Gasteiger partial charge in [-0.1, -0.05) is 18.2 Å². The number of nitrogens with zero attached hydrogens (tertiary/aromatic N) is 1. The maximum atomic E-state index is 13.3. The number of methoxy groups -OCH3 is 2. The number of likely N-dealkylation sites (tertiary alicyclic amines) is 1. The first-order valence-electron chi connectivity index (χ1n) is 11.0. The fourth-order valence-electron chi connectivity index (χ4n) is 5.12. The largest absolute Gasteiger partial charge is 0.496 e. The molecule has 1 amide bonds. The zero-order chi connectivity index (χ0) is 23.9. The van der Waals surface area contributed by atoms with E-state index in [-0.39, 0.29) is 36.1 Å². The van der Waals surface area contributed by atoms with E-state index in [0.717, 1.165) is 16.7 Å². The van der Waals surface area contributed by atoms with Gasteiger partial charge in [-0.25, -0.2) is 4.39 Å². The van der Waals surface area contributed by atoms with Crippen LogP contribution in [-0.4, -0.2) is 55.8 Å². The second kappa shape index (κ2) is 8.71. The Labute approximate surface area is 192 Å². The highest BCUT2D eigenvalue weighted by atomic mass is 19.1. The third-order valence-electron chi connectivity index (χ3n) is 6.84. The molecule has 0 bridgehead atoms. The van der Waals surface area contributed by atoms with Crippen molar-refractivity contribution >= 4 is 17.5 Å². The van der Waals surface area contributed by atoms with Crippen LogP contribution in [0.15, 0.2) is 36.4 Å². The Bertz CT molecular complexity index is 1080. The van der Waals surface area contributed by atoms with Crippen molar-refractivity contribution in [2.75, 3.05) is 27.3 Å². The quantitative estimate of drug-likeness (QED) is 0.646. The van der Waals surface area contributed by atoms with Gasteiger partial charge in [0.25, 0.3) is 5.91 Å². The van der Waals surface area contributed by atoms with Crippen LogP contribution in [-0.2, 0) is 19.1 Å². The number of hydrogen-bond donors (Lipinski definition) is 0. The number of rotatable bonds is 5. The number of Topliss-reactive ketones (excluding diaryl/α,β-unsaturated/α-hetero) is 2. The van der Waals surface area contributed by atoms with E-state index >= 15 is 0 Å². The van der Waals surface area contributed by atoms with Crippen LogP contribution in [0, 0.1) is 18.2 Å². The summed E-state index contributed by atoms with van der Waals surface area (Å²) in [5.41, 5.74) is 2.52. The summed E-state index contributed by atoms with van der Waals surface area (Å²) in [4.78, 5) is 40.5. The number of benzene rings is 2. The lowest BCUT2D eigenvalue weighted by atomic mass is 9.63. The van der Waals surface area contributed by atoms with Crippen molar-refractivity contribution < 1.29 is 28.2 Å². The molecule has 1 aliphatic heterocycles. The molecule has 1 heterocycles. The highest BCUT2D eigenvalue weighted by Gasteiger charge is 2.54. The Morgan fingerprint density at radius 2 is 1.67 bits per heavy atom. The minimum atomic E-state index is -0.879. The second-order valence-electron chi connectivity index (χ2n) is 9.21. The Hall–Kier alpha value is -3.06. The van der Waals surface area contributed by atoms with Gasteiger partial charge in [-0.3, -0.25) is 14.4 Å². The highest BCUT2D eigenvalue weighted by molar-refractivity contribution is 6.11. The zero-order valence-corrected chi connectivity index (χ0v) is 19.3. The third-order valence-corrected chi connectivity index (χ3v) is 6.84. The van der Waals surface area contributed by atoms with Crippen LogP contribution in [0.3, 0.4) is 0 Å². The molecule has 4 rings (SSSR count). The van der Waals surface area contributed by atoms with Gasteiger partial charge in [0.1, 0.15) is 35.2 Å². The molecule has 6 nitrogen and oxygen atoms in total. The molecule has 33 heavy (non-hydrogen) atoms. The van der Waals surface area contributed by atoms with Crippen LogP contribution in [0.5, 0.6) is 5.75 Å². The molecule has 2 aliphatic rings. The summed E-state index contributed by atoms with van der Waals surface area (Å²) in [5.74, 6) is -1.15. The van der Waals surface area contributed by atoms with Gasteiger partial charge in [0.2, 0.25) is 0 Å². The van der Waals surface area contributed by atoms with E-state index in [2.05, 4.69) is 0 Å². The van der Waals surface area contributed by atoms with Crippen LogP contribution in [0.2, 0.25) is 0 Å². The maximum Gasteiger partial charge on any atom is 0.251 e. The summed E-state index contributed by atoms with van der Waals surface area (Å²) in [5, 5.41) is 0. The van der Waals surface area contributed by atoms with Crippen molar-refractivity contribution in [1.29, 1.82) is 0 Å². The van der Waals surface area contributed by atoms with Crippen molar-refractivity contribution in [2.45, 2.75) is 38.7 Å². The third kappa shape index (κ3) is 4.17. The Balaban J connectivity index is 1.58. The van der Waals surface area contributed by atoms with Crippen LogP contribution in [0.25, 0.3) is 11.1 Å². The summed E-state index contributed by atoms with van der Waals surface area (Å²) >= 11 is 0. The monoisotopic (exact) mass is 453 g/mol.